The molecule has 20 heavy (non-hydrogen) atoms. The first-order valence-electron chi connectivity index (χ1n) is 7.43. The number of aromatic nitrogens is 1. The van der Waals surface area contributed by atoms with E-state index in [2.05, 4.69) is 27.4 Å². The lowest BCUT2D eigenvalue weighted by molar-refractivity contribution is 0.0951. The largest absolute Gasteiger partial charge is 0.383 e. The molecule has 1 aromatic rings. The Bertz CT molecular complexity index is 443. The van der Waals surface area contributed by atoms with E-state index in [1.54, 1.807) is 6.20 Å². The average Bonchev–Trinajstić information content (AvgIpc) is 2.99. The van der Waals surface area contributed by atoms with Gasteiger partial charge in [0, 0.05) is 31.0 Å². The molecule has 0 aliphatic carbocycles. The van der Waals surface area contributed by atoms with E-state index in [-0.39, 0.29) is 5.91 Å². The van der Waals surface area contributed by atoms with E-state index in [0.29, 0.717) is 18.3 Å². The van der Waals surface area contributed by atoms with Crippen LogP contribution in [0.2, 0.25) is 0 Å². The van der Waals surface area contributed by atoms with Crippen LogP contribution in [-0.2, 0) is 0 Å². The molecule has 110 valence electrons. The van der Waals surface area contributed by atoms with Crippen LogP contribution < -0.4 is 10.6 Å². The summed E-state index contributed by atoms with van der Waals surface area (Å²) in [6.45, 7) is 8.04. The molecule has 1 unspecified atom stereocenters. The Hall–Kier alpha value is -1.62. The van der Waals surface area contributed by atoms with Crippen LogP contribution in [0, 0.1) is 0 Å². The van der Waals surface area contributed by atoms with Crippen LogP contribution in [0.4, 0.5) is 5.69 Å². The fourth-order valence-electron chi connectivity index (χ4n) is 2.49. The van der Waals surface area contributed by atoms with Gasteiger partial charge >= 0.3 is 0 Å². The number of nitrogens with one attached hydrogen (secondary N) is 2. The zero-order valence-electron chi connectivity index (χ0n) is 12.4. The predicted octanol–water partition coefficient (Wildman–Crippen LogP) is 1.73. The normalized spacial score (nSPS) is 16.9. The van der Waals surface area contributed by atoms with Crippen molar-refractivity contribution < 1.29 is 4.79 Å². The van der Waals surface area contributed by atoms with Crippen molar-refractivity contribution in [3.05, 3.63) is 24.0 Å². The van der Waals surface area contributed by atoms with Crippen molar-refractivity contribution >= 4 is 11.6 Å². The number of carbonyl (C=O) groups excluding carboxylic acids is 1. The minimum absolute atomic E-state index is 0.122. The van der Waals surface area contributed by atoms with Crippen molar-refractivity contribution in [2.45, 2.75) is 32.7 Å². The minimum Gasteiger partial charge on any atom is -0.383 e. The lowest BCUT2D eigenvalue weighted by atomic mass is 10.2. The van der Waals surface area contributed by atoms with Crippen molar-refractivity contribution in [1.82, 2.24) is 15.2 Å². The second kappa shape index (κ2) is 7.24. The van der Waals surface area contributed by atoms with E-state index in [0.717, 1.165) is 12.2 Å². The van der Waals surface area contributed by atoms with Gasteiger partial charge in [-0.15, -0.1) is 0 Å². The lowest BCUT2D eigenvalue weighted by Gasteiger charge is -2.24. The Labute approximate surface area is 120 Å². The molecule has 1 fully saturated rings. The Morgan fingerprint density at radius 3 is 2.90 bits per heavy atom. The van der Waals surface area contributed by atoms with Gasteiger partial charge in [-0.25, -0.2) is 0 Å². The monoisotopic (exact) mass is 276 g/mol. The number of amides is 1. The second-order valence-corrected chi connectivity index (χ2v) is 5.26. The van der Waals surface area contributed by atoms with Crippen LogP contribution >= 0.6 is 0 Å². The molecule has 0 radical (unpaired) electrons. The average molecular weight is 276 g/mol. The Kier molecular flexibility index (Phi) is 5.35. The van der Waals surface area contributed by atoms with E-state index >= 15 is 0 Å². The number of pyridine rings is 1. The number of anilines is 1. The first kappa shape index (κ1) is 14.8. The van der Waals surface area contributed by atoms with E-state index in [1.807, 2.05) is 19.1 Å². The first-order chi connectivity index (χ1) is 9.70. The van der Waals surface area contributed by atoms with Crippen molar-refractivity contribution in [1.29, 1.82) is 0 Å². The van der Waals surface area contributed by atoms with Gasteiger partial charge < -0.3 is 10.6 Å². The highest BCUT2D eigenvalue weighted by Gasteiger charge is 2.17. The van der Waals surface area contributed by atoms with Crippen LogP contribution in [0.3, 0.4) is 0 Å². The second-order valence-electron chi connectivity index (χ2n) is 5.26. The SMILES string of the molecule is CCNC(=O)c1cc(NCC(C)N2CCCC2)ccn1. The van der Waals surface area contributed by atoms with E-state index in [1.165, 1.54) is 25.9 Å². The molecule has 5 heteroatoms. The van der Waals surface area contributed by atoms with Gasteiger partial charge in [0.05, 0.1) is 0 Å². The summed E-state index contributed by atoms with van der Waals surface area (Å²) in [7, 11) is 0. The summed E-state index contributed by atoms with van der Waals surface area (Å²) in [4.78, 5) is 18.3. The molecule has 2 N–H and O–H groups in total. The van der Waals surface area contributed by atoms with Crippen LogP contribution in [0.15, 0.2) is 18.3 Å². The van der Waals surface area contributed by atoms with Crippen LogP contribution in [-0.4, -0.2) is 48.0 Å². The van der Waals surface area contributed by atoms with Crippen LogP contribution in [0.1, 0.15) is 37.2 Å². The third-order valence-electron chi connectivity index (χ3n) is 3.70. The number of hydrogen-bond acceptors (Lipinski definition) is 4. The zero-order chi connectivity index (χ0) is 14.4. The van der Waals surface area contributed by atoms with Crippen molar-refractivity contribution in [2.75, 3.05) is 31.5 Å². The molecular weight excluding hydrogens is 252 g/mol. The fraction of sp³-hybridized carbons (Fsp3) is 0.600. The minimum atomic E-state index is -0.122. The predicted molar refractivity (Wildman–Crippen MR) is 81.0 cm³/mol. The number of carbonyl (C=O) groups is 1. The summed E-state index contributed by atoms with van der Waals surface area (Å²) in [5.41, 5.74) is 1.41. The molecule has 2 heterocycles. The van der Waals surface area contributed by atoms with Crippen molar-refractivity contribution in [3.63, 3.8) is 0 Å². The Balaban J connectivity index is 1.89. The van der Waals surface area contributed by atoms with Gasteiger partial charge in [-0.2, -0.15) is 0 Å². The third-order valence-corrected chi connectivity index (χ3v) is 3.70. The van der Waals surface area contributed by atoms with Crippen LogP contribution in [0.5, 0.6) is 0 Å². The van der Waals surface area contributed by atoms with Gasteiger partial charge in [0.15, 0.2) is 0 Å². The molecule has 1 aliphatic heterocycles. The summed E-state index contributed by atoms with van der Waals surface area (Å²) in [6, 6.07) is 4.22. The van der Waals surface area contributed by atoms with Gasteiger partial charge in [0.2, 0.25) is 0 Å². The van der Waals surface area contributed by atoms with E-state index in [4.69, 9.17) is 0 Å². The first-order valence-corrected chi connectivity index (χ1v) is 7.43. The maximum atomic E-state index is 11.7. The van der Waals surface area contributed by atoms with E-state index < -0.39 is 0 Å². The smallest absolute Gasteiger partial charge is 0.269 e. The van der Waals surface area contributed by atoms with Gasteiger partial charge in [0.1, 0.15) is 5.69 Å². The molecule has 1 saturated heterocycles. The lowest BCUT2D eigenvalue weighted by Crippen LogP contribution is -2.35. The zero-order valence-corrected chi connectivity index (χ0v) is 12.4. The summed E-state index contributed by atoms with van der Waals surface area (Å²) in [5.74, 6) is -0.122. The maximum absolute atomic E-state index is 11.7. The summed E-state index contributed by atoms with van der Waals surface area (Å²) in [6.07, 6.45) is 4.29. The topological polar surface area (TPSA) is 57.3 Å². The fourth-order valence-corrected chi connectivity index (χ4v) is 2.49. The Morgan fingerprint density at radius 2 is 2.20 bits per heavy atom. The molecule has 0 spiro atoms. The van der Waals surface area contributed by atoms with Crippen molar-refractivity contribution in [3.8, 4) is 0 Å². The van der Waals surface area contributed by atoms with Gasteiger partial charge in [0.25, 0.3) is 5.91 Å². The molecule has 1 aromatic heterocycles. The highest BCUT2D eigenvalue weighted by atomic mass is 16.1. The molecule has 2 rings (SSSR count). The number of rotatable bonds is 6. The molecule has 1 atom stereocenters. The maximum Gasteiger partial charge on any atom is 0.269 e. The molecule has 5 nitrogen and oxygen atoms in total. The molecule has 1 amide bonds. The third kappa shape index (κ3) is 3.93. The number of nitrogens with zero attached hydrogens (tertiary/aromatic N) is 2. The molecular formula is C15H24N4O. The molecule has 0 aromatic carbocycles. The van der Waals surface area contributed by atoms with E-state index in [9.17, 15) is 4.79 Å². The number of hydrogen-bond donors (Lipinski definition) is 2. The number of likely N-dealkylation sites (tertiary alicyclic amines) is 1. The van der Waals surface area contributed by atoms with Crippen molar-refractivity contribution in [2.24, 2.45) is 0 Å². The summed E-state index contributed by atoms with van der Waals surface area (Å²) >= 11 is 0. The molecule has 1 aliphatic rings. The standard InChI is InChI=1S/C15H24N4O/c1-3-16-15(20)14-10-13(6-7-17-14)18-11-12(2)19-8-4-5-9-19/h6-7,10,12H,3-5,8-9,11H2,1-2H3,(H,16,20)(H,17,18). The quantitative estimate of drug-likeness (QED) is 0.831. The summed E-state index contributed by atoms with van der Waals surface area (Å²) in [5, 5.41) is 6.16. The molecule has 0 bridgehead atoms. The van der Waals surface area contributed by atoms with Gasteiger partial charge in [-0.1, -0.05) is 0 Å². The van der Waals surface area contributed by atoms with Crippen LogP contribution in [0.25, 0.3) is 0 Å². The van der Waals surface area contributed by atoms with Gasteiger partial charge in [-0.3, -0.25) is 14.7 Å². The van der Waals surface area contributed by atoms with Gasteiger partial charge in [-0.05, 0) is 51.9 Å². The Morgan fingerprint density at radius 1 is 1.45 bits per heavy atom. The summed E-state index contributed by atoms with van der Waals surface area (Å²) < 4.78 is 0. The highest BCUT2D eigenvalue weighted by Crippen LogP contribution is 2.13. The highest BCUT2D eigenvalue weighted by molar-refractivity contribution is 5.93. The molecule has 0 saturated carbocycles.